The maximum Gasteiger partial charge on any atom is 0.224 e. The molecule has 0 spiro atoms. The van der Waals surface area contributed by atoms with E-state index in [0.717, 1.165) is 11.3 Å². The Hall–Kier alpha value is -3.79. The van der Waals surface area contributed by atoms with Gasteiger partial charge in [-0.25, -0.2) is 4.98 Å². The van der Waals surface area contributed by atoms with Crippen LogP contribution in [0, 0.1) is 11.3 Å². The summed E-state index contributed by atoms with van der Waals surface area (Å²) in [4.78, 5) is 8.69. The first-order valence-corrected chi connectivity index (χ1v) is 8.27. The zero-order valence-electron chi connectivity index (χ0n) is 15.1. The summed E-state index contributed by atoms with van der Waals surface area (Å²) in [5.41, 5.74) is 2.47. The van der Waals surface area contributed by atoms with Crippen molar-refractivity contribution in [3.63, 3.8) is 0 Å². The number of nitrogens with zero attached hydrogens (tertiary/aromatic N) is 3. The number of nitriles is 1. The second kappa shape index (κ2) is 8.54. The summed E-state index contributed by atoms with van der Waals surface area (Å²) in [5.74, 6) is 2.52. The van der Waals surface area contributed by atoms with Crippen LogP contribution in [0.1, 0.15) is 11.1 Å². The van der Waals surface area contributed by atoms with Crippen molar-refractivity contribution in [2.45, 2.75) is 6.54 Å². The molecule has 7 heteroatoms. The molecule has 0 aliphatic rings. The van der Waals surface area contributed by atoms with E-state index in [2.05, 4.69) is 26.7 Å². The molecule has 0 fully saturated rings. The van der Waals surface area contributed by atoms with E-state index in [0.29, 0.717) is 35.4 Å². The highest BCUT2D eigenvalue weighted by Gasteiger charge is 2.05. The molecule has 3 rings (SSSR count). The molecule has 1 aromatic heterocycles. The van der Waals surface area contributed by atoms with E-state index in [1.807, 2.05) is 30.3 Å². The van der Waals surface area contributed by atoms with Crippen LogP contribution < -0.4 is 20.1 Å². The number of hydrogen-bond donors (Lipinski definition) is 2. The Kier molecular flexibility index (Phi) is 5.70. The Morgan fingerprint density at radius 1 is 1.00 bits per heavy atom. The number of methoxy groups -OCH3 is 2. The van der Waals surface area contributed by atoms with Gasteiger partial charge in [0.05, 0.1) is 25.9 Å². The van der Waals surface area contributed by atoms with Gasteiger partial charge in [-0.3, -0.25) is 0 Å². The lowest BCUT2D eigenvalue weighted by atomic mass is 10.2. The number of rotatable bonds is 7. The maximum atomic E-state index is 8.86. The van der Waals surface area contributed by atoms with Crippen molar-refractivity contribution in [3.8, 4) is 17.6 Å². The number of hydrogen-bond acceptors (Lipinski definition) is 7. The molecule has 0 aliphatic carbocycles. The van der Waals surface area contributed by atoms with Crippen molar-refractivity contribution in [1.29, 1.82) is 5.26 Å². The number of anilines is 3. The minimum absolute atomic E-state index is 0.503. The number of nitrogens with one attached hydrogen (secondary N) is 2. The minimum atomic E-state index is 0.503. The van der Waals surface area contributed by atoms with Gasteiger partial charge in [0.15, 0.2) is 11.5 Å². The van der Waals surface area contributed by atoms with E-state index in [1.54, 1.807) is 38.6 Å². The minimum Gasteiger partial charge on any atom is -0.493 e. The Morgan fingerprint density at radius 2 is 1.78 bits per heavy atom. The van der Waals surface area contributed by atoms with Gasteiger partial charge < -0.3 is 20.1 Å². The van der Waals surface area contributed by atoms with E-state index in [4.69, 9.17) is 14.7 Å². The highest BCUT2D eigenvalue weighted by molar-refractivity contribution is 5.58. The summed E-state index contributed by atoms with van der Waals surface area (Å²) in [6.07, 6.45) is 1.68. The fourth-order valence-corrected chi connectivity index (χ4v) is 2.46. The third-order valence-electron chi connectivity index (χ3n) is 3.84. The Morgan fingerprint density at radius 3 is 2.48 bits per heavy atom. The molecule has 27 heavy (non-hydrogen) atoms. The topological polar surface area (TPSA) is 92.1 Å². The van der Waals surface area contributed by atoms with E-state index in [-0.39, 0.29) is 0 Å². The molecule has 0 amide bonds. The molecule has 7 nitrogen and oxygen atoms in total. The second-order valence-electron chi connectivity index (χ2n) is 5.62. The van der Waals surface area contributed by atoms with Gasteiger partial charge in [0.2, 0.25) is 5.95 Å². The molecule has 0 unspecified atom stereocenters. The fourth-order valence-electron chi connectivity index (χ4n) is 2.46. The average Bonchev–Trinajstić information content (AvgIpc) is 2.73. The Balaban J connectivity index is 1.66. The van der Waals surface area contributed by atoms with Gasteiger partial charge in [0.25, 0.3) is 0 Å². The van der Waals surface area contributed by atoms with Crippen LogP contribution in [0.4, 0.5) is 17.5 Å². The van der Waals surface area contributed by atoms with Gasteiger partial charge in [-0.2, -0.15) is 10.2 Å². The van der Waals surface area contributed by atoms with Crippen molar-refractivity contribution in [2.24, 2.45) is 0 Å². The lowest BCUT2D eigenvalue weighted by Gasteiger charge is -2.11. The zero-order chi connectivity index (χ0) is 19.1. The molecule has 1 heterocycles. The van der Waals surface area contributed by atoms with Crippen LogP contribution in [0.3, 0.4) is 0 Å². The summed E-state index contributed by atoms with van der Waals surface area (Å²) in [6.45, 7) is 0.542. The predicted molar refractivity (Wildman–Crippen MR) is 103 cm³/mol. The summed E-state index contributed by atoms with van der Waals surface area (Å²) < 4.78 is 10.6. The van der Waals surface area contributed by atoms with Crippen molar-refractivity contribution in [3.05, 3.63) is 65.9 Å². The zero-order valence-corrected chi connectivity index (χ0v) is 15.1. The second-order valence-corrected chi connectivity index (χ2v) is 5.62. The maximum absolute atomic E-state index is 8.86. The Bertz CT molecular complexity index is 951. The summed E-state index contributed by atoms with van der Waals surface area (Å²) in [6, 6.07) is 16.8. The first kappa shape index (κ1) is 18.0. The third-order valence-corrected chi connectivity index (χ3v) is 3.84. The normalized spacial score (nSPS) is 9.96. The average molecular weight is 361 g/mol. The predicted octanol–water partition coefficient (Wildman–Crippen LogP) is 3.72. The standard InChI is InChI=1S/C20H19N5O2/c1-26-17-8-5-15(11-18(17)27-2)13-23-20-22-10-9-19(25-20)24-16-6-3-14(12-21)4-7-16/h3-11H,13H2,1-2H3,(H2,22,23,24,25). The molecule has 2 aromatic carbocycles. The molecule has 0 saturated heterocycles. The van der Waals surface area contributed by atoms with Gasteiger partial charge in [0.1, 0.15) is 5.82 Å². The third kappa shape index (κ3) is 4.64. The molecule has 136 valence electrons. The van der Waals surface area contributed by atoms with Crippen molar-refractivity contribution >= 4 is 17.5 Å². The van der Waals surface area contributed by atoms with E-state index in [9.17, 15) is 0 Å². The van der Waals surface area contributed by atoms with E-state index in [1.165, 1.54) is 0 Å². The van der Waals surface area contributed by atoms with Gasteiger partial charge in [-0.05, 0) is 48.0 Å². The smallest absolute Gasteiger partial charge is 0.224 e. The van der Waals surface area contributed by atoms with Crippen LogP contribution in [-0.4, -0.2) is 24.2 Å². The van der Waals surface area contributed by atoms with E-state index < -0.39 is 0 Å². The summed E-state index contributed by atoms with van der Waals surface area (Å²) >= 11 is 0. The molecule has 0 bridgehead atoms. The fraction of sp³-hybridized carbons (Fsp3) is 0.150. The van der Waals surface area contributed by atoms with Gasteiger partial charge >= 0.3 is 0 Å². The van der Waals surface area contributed by atoms with Crippen LogP contribution in [0.25, 0.3) is 0 Å². The van der Waals surface area contributed by atoms with Crippen LogP contribution in [-0.2, 0) is 6.54 Å². The number of aromatic nitrogens is 2. The monoisotopic (exact) mass is 361 g/mol. The van der Waals surface area contributed by atoms with Gasteiger partial charge in [0, 0.05) is 18.4 Å². The van der Waals surface area contributed by atoms with Crippen molar-refractivity contribution < 1.29 is 9.47 Å². The molecule has 2 N–H and O–H groups in total. The summed E-state index contributed by atoms with van der Waals surface area (Å²) in [5, 5.41) is 15.2. The van der Waals surface area contributed by atoms with Gasteiger partial charge in [-0.15, -0.1) is 0 Å². The summed E-state index contributed by atoms with van der Waals surface area (Å²) in [7, 11) is 3.21. The SMILES string of the molecule is COc1ccc(CNc2nccc(Nc3ccc(C#N)cc3)n2)cc1OC. The lowest BCUT2D eigenvalue weighted by Crippen LogP contribution is -2.05. The quantitative estimate of drug-likeness (QED) is 0.662. The van der Waals surface area contributed by atoms with Crippen LogP contribution >= 0.6 is 0 Å². The van der Waals surface area contributed by atoms with Crippen molar-refractivity contribution in [2.75, 3.05) is 24.9 Å². The number of ether oxygens (including phenoxy) is 2. The Labute approximate surface area is 157 Å². The van der Waals surface area contributed by atoms with Crippen molar-refractivity contribution in [1.82, 2.24) is 9.97 Å². The molecule has 0 aliphatic heterocycles. The van der Waals surface area contributed by atoms with Crippen LogP contribution in [0.5, 0.6) is 11.5 Å². The highest BCUT2D eigenvalue weighted by atomic mass is 16.5. The number of benzene rings is 2. The van der Waals surface area contributed by atoms with Crippen LogP contribution in [0.2, 0.25) is 0 Å². The molecule has 3 aromatic rings. The van der Waals surface area contributed by atoms with Gasteiger partial charge in [-0.1, -0.05) is 6.07 Å². The first-order chi connectivity index (χ1) is 13.2. The van der Waals surface area contributed by atoms with E-state index >= 15 is 0 Å². The first-order valence-electron chi connectivity index (χ1n) is 8.27. The largest absolute Gasteiger partial charge is 0.493 e. The molecule has 0 radical (unpaired) electrons. The van der Waals surface area contributed by atoms with Crippen LogP contribution in [0.15, 0.2) is 54.7 Å². The molecule has 0 atom stereocenters. The highest BCUT2D eigenvalue weighted by Crippen LogP contribution is 2.27. The molecular formula is C20H19N5O2. The molecular weight excluding hydrogens is 342 g/mol. The molecule has 0 saturated carbocycles. The lowest BCUT2D eigenvalue weighted by molar-refractivity contribution is 0.354.